The average molecular weight is 333 g/mol. The minimum absolute atomic E-state index is 0.0226. The van der Waals surface area contributed by atoms with Crippen molar-refractivity contribution in [3.63, 3.8) is 0 Å². The van der Waals surface area contributed by atoms with E-state index in [0.29, 0.717) is 13.1 Å². The molecule has 0 aliphatic heterocycles. The minimum Gasteiger partial charge on any atom is -0.468 e. The van der Waals surface area contributed by atoms with Gasteiger partial charge in [0.25, 0.3) is 0 Å². The Hall–Kier alpha value is -1.92. The lowest BCUT2D eigenvalue weighted by atomic mass is 10.2. The Balaban J connectivity index is 1.66. The van der Waals surface area contributed by atoms with Gasteiger partial charge in [-0.05, 0) is 38.4 Å². The lowest BCUT2D eigenvalue weighted by Gasteiger charge is -2.22. The SMILES string of the molecule is CN(C)C(CNC(=O)NCCSc1ccccc1)c1ccco1. The number of carbonyl (C=O) groups is 1. The van der Waals surface area contributed by atoms with Gasteiger partial charge in [0.05, 0.1) is 12.3 Å². The highest BCUT2D eigenvalue weighted by atomic mass is 32.2. The van der Waals surface area contributed by atoms with Crippen molar-refractivity contribution in [2.45, 2.75) is 10.9 Å². The van der Waals surface area contributed by atoms with Crippen LogP contribution >= 0.6 is 11.8 Å². The number of thioether (sulfide) groups is 1. The summed E-state index contributed by atoms with van der Waals surface area (Å²) in [6.45, 7) is 1.12. The van der Waals surface area contributed by atoms with Crippen LogP contribution in [0.1, 0.15) is 11.8 Å². The van der Waals surface area contributed by atoms with E-state index in [-0.39, 0.29) is 12.1 Å². The molecule has 2 aromatic rings. The van der Waals surface area contributed by atoms with Crippen LogP contribution in [0.2, 0.25) is 0 Å². The van der Waals surface area contributed by atoms with Crippen LogP contribution in [-0.4, -0.2) is 43.9 Å². The maximum Gasteiger partial charge on any atom is 0.314 e. The fourth-order valence-electron chi connectivity index (χ4n) is 2.12. The second-order valence-corrected chi connectivity index (χ2v) is 6.46. The molecule has 2 amide bonds. The number of urea groups is 1. The maximum absolute atomic E-state index is 11.9. The Morgan fingerprint density at radius 1 is 1.17 bits per heavy atom. The van der Waals surface area contributed by atoms with Crippen LogP contribution in [0.4, 0.5) is 4.79 Å². The first-order valence-electron chi connectivity index (χ1n) is 7.56. The van der Waals surface area contributed by atoms with Crippen LogP contribution in [0.5, 0.6) is 0 Å². The first kappa shape index (κ1) is 17.4. The molecule has 0 spiro atoms. The first-order valence-corrected chi connectivity index (χ1v) is 8.55. The smallest absolute Gasteiger partial charge is 0.314 e. The standard InChI is InChI=1S/C17H23N3O2S/c1-20(2)15(16-9-6-11-22-16)13-19-17(21)18-10-12-23-14-7-4-3-5-8-14/h3-9,11,15H,10,12-13H2,1-2H3,(H2,18,19,21). The molecule has 0 bridgehead atoms. The van der Waals surface area contributed by atoms with Gasteiger partial charge in [-0.2, -0.15) is 0 Å². The second kappa shape index (κ2) is 9.27. The molecule has 1 atom stereocenters. The monoisotopic (exact) mass is 333 g/mol. The molecule has 0 radical (unpaired) electrons. The van der Waals surface area contributed by atoms with Crippen molar-refractivity contribution in [2.24, 2.45) is 0 Å². The van der Waals surface area contributed by atoms with Crippen LogP contribution in [0.15, 0.2) is 58.0 Å². The number of amides is 2. The molecule has 1 unspecified atom stereocenters. The summed E-state index contributed by atoms with van der Waals surface area (Å²) in [4.78, 5) is 15.1. The quantitative estimate of drug-likeness (QED) is 0.576. The summed E-state index contributed by atoms with van der Waals surface area (Å²) in [5.74, 6) is 1.68. The number of rotatable bonds is 8. The molecule has 5 nitrogen and oxygen atoms in total. The summed E-state index contributed by atoms with van der Waals surface area (Å²) in [7, 11) is 3.92. The molecule has 124 valence electrons. The third-order valence-corrected chi connectivity index (χ3v) is 4.36. The number of hydrogen-bond acceptors (Lipinski definition) is 4. The molecule has 1 heterocycles. The summed E-state index contributed by atoms with van der Waals surface area (Å²) in [5.41, 5.74) is 0. The van der Waals surface area contributed by atoms with Gasteiger partial charge in [0.2, 0.25) is 0 Å². The summed E-state index contributed by atoms with van der Waals surface area (Å²) in [5, 5.41) is 5.76. The number of benzene rings is 1. The van der Waals surface area contributed by atoms with Crippen molar-refractivity contribution in [3.05, 3.63) is 54.5 Å². The highest BCUT2D eigenvalue weighted by Crippen LogP contribution is 2.17. The predicted octanol–water partition coefficient (Wildman–Crippen LogP) is 2.97. The van der Waals surface area contributed by atoms with E-state index in [2.05, 4.69) is 22.8 Å². The summed E-state index contributed by atoms with van der Waals surface area (Å²) < 4.78 is 5.42. The van der Waals surface area contributed by atoms with Crippen molar-refractivity contribution >= 4 is 17.8 Å². The van der Waals surface area contributed by atoms with E-state index in [9.17, 15) is 4.79 Å². The van der Waals surface area contributed by atoms with E-state index < -0.39 is 0 Å². The van der Waals surface area contributed by atoms with Gasteiger partial charge >= 0.3 is 6.03 Å². The molecule has 0 fully saturated rings. The Kier molecular flexibility index (Phi) is 7.03. The molecule has 2 rings (SSSR count). The topological polar surface area (TPSA) is 57.5 Å². The Morgan fingerprint density at radius 3 is 2.61 bits per heavy atom. The number of hydrogen-bond donors (Lipinski definition) is 2. The summed E-state index contributed by atoms with van der Waals surface area (Å²) in [6, 6.07) is 13.8. The third-order valence-electron chi connectivity index (χ3n) is 3.35. The van der Waals surface area contributed by atoms with Crippen molar-refractivity contribution in [1.82, 2.24) is 15.5 Å². The van der Waals surface area contributed by atoms with E-state index in [1.807, 2.05) is 49.3 Å². The second-order valence-electron chi connectivity index (χ2n) is 5.29. The van der Waals surface area contributed by atoms with E-state index >= 15 is 0 Å². The fraction of sp³-hybridized carbons (Fsp3) is 0.353. The molecule has 0 aliphatic rings. The van der Waals surface area contributed by atoms with Gasteiger partial charge in [-0.15, -0.1) is 11.8 Å². The Labute approximate surface area is 141 Å². The van der Waals surface area contributed by atoms with Gasteiger partial charge in [0.1, 0.15) is 5.76 Å². The summed E-state index contributed by atoms with van der Waals surface area (Å²) >= 11 is 1.72. The van der Waals surface area contributed by atoms with Gasteiger partial charge in [-0.25, -0.2) is 4.79 Å². The molecule has 1 aromatic heterocycles. The lowest BCUT2D eigenvalue weighted by molar-refractivity contribution is 0.226. The number of carbonyl (C=O) groups excluding carboxylic acids is 1. The predicted molar refractivity (Wildman–Crippen MR) is 93.7 cm³/mol. The molecule has 2 N–H and O–H groups in total. The highest BCUT2D eigenvalue weighted by Gasteiger charge is 2.17. The zero-order valence-corrected chi connectivity index (χ0v) is 14.3. The van der Waals surface area contributed by atoms with Gasteiger partial charge in [-0.1, -0.05) is 18.2 Å². The van der Waals surface area contributed by atoms with Crippen molar-refractivity contribution in [1.29, 1.82) is 0 Å². The number of likely N-dealkylation sites (N-methyl/N-ethyl adjacent to an activating group) is 1. The number of nitrogens with zero attached hydrogens (tertiary/aromatic N) is 1. The van der Waals surface area contributed by atoms with E-state index in [4.69, 9.17) is 4.42 Å². The molecule has 0 saturated carbocycles. The Bertz CT molecular complexity index is 573. The summed E-state index contributed by atoms with van der Waals surface area (Å²) in [6.07, 6.45) is 1.65. The number of nitrogens with one attached hydrogen (secondary N) is 2. The van der Waals surface area contributed by atoms with Gasteiger partial charge in [0.15, 0.2) is 0 Å². The van der Waals surface area contributed by atoms with Crippen LogP contribution in [0.25, 0.3) is 0 Å². The van der Waals surface area contributed by atoms with E-state index in [1.165, 1.54) is 4.90 Å². The van der Waals surface area contributed by atoms with Crippen LogP contribution in [0.3, 0.4) is 0 Å². The molecular weight excluding hydrogens is 310 g/mol. The molecule has 6 heteroatoms. The highest BCUT2D eigenvalue weighted by molar-refractivity contribution is 7.99. The molecule has 0 saturated heterocycles. The molecule has 23 heavy (non-hydrogen) atoms. The minimum atomic E-state index is -0.155. The molecule has 0 aliphatic carbocycles. The van der Waals surface area contributed by atoms with Crippen molar-refractivity contribution < 1.29 is 9.21 Å². The van der Waals surface area contributed by atoms with Gasteiger partial charge < -0.3 is 15.1 Å². The third kappa shape index (κ3) is 6.00. The van der Waals surface area contributed by atoms with Gasteiger partial charge in [0, 0.05) is 23.7 Å². The van der Waals surface area contributed by atoms with E-state index in [0.717, 1.165) is 11.5 Å². The average Bonchev–Trinajstić information content (AvgIpc) is 3.06. The van der Waals surface area contributed by atoms with Crippen LogP contribution < -0.4 is 10.6 Å². The largest absolute Gasteiger partial charge is 0.468 e. The zero-order valence-electron chi connectivity index (χ0n) is 13.5. The Morgan fingerprint density at radius 2 is 1.96 bits per heavy atom. The fourth-order valence-corrected chi connectivity index (χ4v) is 2.91. The lowest BCUT2D eigenvalue weighted by Crippen LogP contribution is -2.41. The normalized spacial score (nSPS) is 12.1. The molecule has 1 aromatic carbocycles. The van der Waals surface area contributed by atoms with E-state index in [1.54, 1.807) is 18.0 Å². The van der Waals surface area contributed by atoms with Crippen molar-refractivity contribution in [2.75, 3.05) is 32.9 Å². The van der Waals surface area contributed by atoms with Gasteiger partial charge in [-0.3, -0.25) is 4.90 Å². The zero-order chi connectivity index (χ0) is 16.5. The van der Waals surface area contributed by atoms with Crippen molar-refractivity contribution in [3.8, 4) is 0 Å². The van der Waals surface area contributed by atoms with Crippen LogP contribution in [0, 0.1) is 0 Å². The first-order chi connectivity index (χ1) is 11.2. The maximum atomic E-state index is 11.9. The van der Waals surface area contributed by atoms with Crippen LogP contribution in [-0.2, 0) is 0 Å². The number of furan rings is 1. The molecular formula is C17H23N3O2S.